The second kappa shape index (κ2) is 6.86. The van der Waals surface area contributed by atoms with Gasteiger partial charge in [-0.2, -0.15) is 0 Å². The zero-order valence-electron chi connectivity index (χ0n) is 17.0. The van der Waals surface area contributed by atoms with E-state index in [2.05, 4.69) is 6.58 Å². The number of cyclic esters (lactones) is 1. The number of benzene rings is 2. The maximum absolute atomic E-state index is 12.8. The third kappa shape index (κ3) is 2.54. The summed E-state index contributed by atoms with van der Waals surface area (Å²) in [6, 6.07) is 7.66. The summed E-state index contributed by atoms with van der Waals surface area (Å²) in [5.41, 5.74) is 3.64. The van der Waals surface area contributed by atoms with Gasteiger partial charge in [0.2, 0.25) is 12.5 Å². The van der Waals surface area contributed by atoms with Gasteiger partial charge in [-0.15, -0.1) is 0 Å². The summed E-state index contributed by atoms with van der Waals surface area (Å²) in [7, 11) is 4.70. The predicted molar refractivity (Wildman–Crippen MR) is 107 cm³/mol. The Hall–Kier alpha value is -3.35. The largest absolute Gasteiger partial charge is 0.493 e. The van der Waals surface area contributed by atoms with Crippen molar-refractivity contribution in [3.63, 3.8) is 0 Å². The fraction of sp³-hybridized carbons (Fsp3) is 0.348. The molecule has 0 unspecified atom stereocenters. The molecule has 2 aromatic rings. The normalized spacial score (nSPS) is 23.5. The number of hydrogen-bond donors (Lipinski definition) is 0. The van der Waals surface area contributed by atoms with Gasteiger partial charge < -0.3 is 28.4 Å². The molecule has 1 aliphatic carbocycles. The lowest BCUT2D eigenvalue weighted by molar-refractivity contribution is -0.141. The van der Waals surface area contributed by atoms with Crippen LogP contribution in [-0.4, -0.2) is 40.7 Å². The molecule has 1 saturated heterocycles. The van der Waals surface area contributed by atoms with Gasteiger partial charge in [-0.3, -0.25) is 4.79 Å². The molecule has 5 rings (SSSR count). The standard InChI is InChI=1S/C23H22O7/c1-11-13-7-16-17(30-10-29-16)8-14(13)20(21-15(11)9-28-23(21)24)12-5-18(25-2)22(27-4)19(6-12)26-3/h5-8,15,20-21H,1,9-10H2,2-4H3/t15-,20-,21-/m1/s1. The van der Waals surface area contributed by atoms with Gasteiger partial charge in [-0.25, -0.2) is 0 Å². The van der Waals surface area contributed by atoms with Gasteiger partial charge in [0.05, 0.1) is 33.9 Å². The van der Waals surface area contributed by atoms with Gasteiger partial charge in [-0.05, 0) is 46.5 Å². The van der Waals surface area contributed by atoms with Crippen LogP contribution >= 0.6 is 0 Å². The van der Waals surface area contributed by atoms with Crippen molar-refractivity contribution in [3.05, 3.63) is 47.5 Å². The highest BCUT2D eigenvalue weighted by atomic mass is 16.7. The molecule has 30 heavy (non-hydrogen) atoms. The number of methoxy groups -OCH3 is 3. The van der Waals surface area contributed by atoms with Crippen LogP contribution in [-0.2, 0) is 9.53 Å². The molecule has 2 heterocycles. The Labute approximate surface area is 174 Å². The second-order valence-corrected chi connectivity index (χ2v) is 7.52. The number of fused-ring (bicyclic) bond motifs is 3. The fourth-order valence-electron chi connectivity index (χ4n) is 4.78. The number of carbonyl (C=O) groups is 1. The molecular weight excluding hydrogens is 388 g/mol. The molecule has 1 fully saturated rings. The first kappa shape index (κ1) is 18.7. The topological polar surface area (TPSA) is 72.5 Å². The highest BCUT2D eigenvalue weighted by molar-refractivity contribution is 5.87. The van der Waals surface area contributed by atoms with E-state index < -0.39 is 5.92 Å². The highest BCUT2D eigenvalue weighted by Crippen LogP contribution is 2.55. The van der Waals surface area contributed by atoms with E-state index in [4.69, 9.17) is 28.4 Å². The minimum atomic E-state index is -0.395. The minimum Gasteiger partial charge on any atom is -0.493 e. The summed E-state index contributed by atoms with van der Waals surface area (Å²) < 4.78 is 33.2. The first-order valence-electron chi connectivity index (χ1n) is 9.66. The van der Waals surface area contributed by atoms with Crippen molar-refractivity contribution in [2.24, 2.45) is 11.8 Å². The lowest BCUT2D eigenvalue weighted by atomic mass is 9.65. The molecule has 0 amide bonds. The van der Waals surface area contributed by atoms with Crippen molar-refractivity contribution in [2.45, 2.75) is 5.92 Å². The van der Waals surface area contributed by atoms with E-state index in [0.717, 1.165) is 22.3 Å². The molecule has 2 aromatic carbocycles. The van der Waals surface area contributed by atoms with E-state index >= 15 is 0 Å². The Morgan fingerprint density at radius 3 is 2.23 bits per heavy atom. The summed E-state index contributed by atoms with van der Waals surface area (Å²) >= 11 is 0. The van der Waals surface area contributed by atoms with Gasteiger partial charge in [0.15, 0.2) is 23.0 Å². The smallest absolute Gasteiger partial charge is 0.310 e. The van der Waals surface area contributed by atoms with Gasteiger partial charge in [0.25, 0.3) is 0 Å². The third-order valence-electron chi connectivity index (χ3n) is 6.19. The van der Waals surface area contributed by atoms with Crippen molar-refractivity contribution in [2.75, 3.05) is 34.7 Å². The average molecular weight is 410 g/mol. The van der Waals surface area contributed by atoms with Crippen LogP contribution in [0, 0.1) is 11.8 Å². The van der Waals surface area contributed by atoms with Crippen LogP contribution in [0.3, 0.4) is 0 Å². The number of ether oxygens (including phenoxy) is 6. The first-order valence-corrected chi connectivity index (χ1v) is 9.66. The predicted octanol–water partition coefficient (Wildman–Crippen LogP) is 3.39. The summed E-state index contributed by atoms with van der Waals surface area (Å²) in [6.45, 7) is 4.77. The lowest BCUT2D eigenvalue weighted by Gasteiger charge is -2.35. The van der Waals surface area contributed by atoms with Crippen LogP contribution < -0.4 is 23.7 Å². The molecule has 0 radical (unpaired) electrons. The van der Waals surface area contributed by atoms with E-state index in [9.17, 15) is 4.79 Å². The highest BCUT2D eigenvalue weighted by Gasteiger charge is 2.50. The molecule has 3 aliphatic rings. The van der Waals surface area contributed by atoms with Crippen molar-refractivity contribution in [1.29, 1.82) is 0 Å². The van der Waals surface area contributed by atoms with Gasteiger partial charge in [-0.1, -0.05) is 6.58 Å². The molecule has 0 N–H and O–H groups in total. The molecule has 7 heteroatoms. The molecule has 3 atom stereocenters. The summed E-state index contributed by atoms with van der Waals surface area (Å²) in [6.07, 6.45) is 0. The van der Waals surface area contributed by atoms with Crippen molar-refractivity contribution < 1.29 is 33.2 Å². The maximum atomic E-state index is 12.8. The van der Waals surface area contributed by atoms with Crippen LogP contribution in [0.25, 0.3) is 5.57 Å². The number of hydrogen-bond acceptors (Lipinski definition) is 7. The Kier molecular flexibility index (Phi) is 4.27. The Morgan fingerprint density at radius 2 is 1.60 bits per heavy atom. The molecule has 156 valence electrons. The first-order chi connectivity index (χ1) is 14.6. The van der Waals surface area contributed by atoms with Crippen LogP contribution in [0.5, 0.6) is 28.7 Å². The van der Waals surface area contributed by atoms with E-state index in [1.165, 1.54) is 0 Å². The fourth-order valence-corrected chi connectivity index (χ4v) is 4.78. The van der Waals surface area contributed by atoms with Crippen molar-refractivity contribution in [3.8, 4) is 28.7 Å². The van der Waals surface area contributed by atoms with Crippen LogP contribution in [0.1, 0.15) is 22.6 Å². The zero-order chi connectivity index (χ0) is 21.0. The number of carbonyl (C=O) groups excluding carboxylic acids is 1. The monoisotopic (exact) mass is 410 g/mol. The van der Waals surface area contributed by atoms with E-state index in [0.29, 0.717) is 35.4 Å². The molecule has 7 nitrogen and oxygen atoms in total. The second-order valence-electron chi connectivity index (χ2n) is 7.52. The minimum absolute atomic E-state index is 0.116. The van der Waals surface area contributed by atoms with E-state index in [1.807, 2.05) is 24.3 Å². The molecule has 0 aromatic heterocycles. The molecular formula is C23H22O7. The molecule has 0 spiro atoms. The number of rotatable bonds is 4. The zero-order valence-corrected chi connectivity index (χ0v) is 17.0. The van der Waals surface area contributed by atoms with E-state index in [-0.39, 0.29) is 24.6 Å². The van der Waals surface area contributed by atoms with Crippen LogP contribution in [0.15, 0.2) is 30.8 Å². The Balaban J connectivity index is 1.75. The molecule has 0 saturated carbocycles. The summed E-state index contributed by atoms with van der Waals surface area (Å²) in [4.78, 5) is 12.8. The molecule has 0 bridgehead atoms. The Morgan fingerprint density at radius 1 is 0.933 bits per heavy atom. The summed E-state index contributed by atoms with van der Waals surface area (Å²) in [5.74, 6) is 1.87. The van der Waals surface area contributed by atoms with Gasteiger partial charge in [0.1, 0.15) is 0 Å². The lowest BCUT2D eigenvalue weighted by Crippen LogP contribution is -2.30. The van der Waals surface area contributed by atoms with Gasteiger partial charge >= 0.3 is 5.97 Å². The van der Waals surface area contributed by atoms with Gasteiger partial charge in [0, 0.05) is 11.8 Å². The third-order valence-corrected chi connectivity index (χ3v) is 6.19. The SMILES string of the molecule is C=C1c2cc3c(cc2[C@@H](c2cc(OC)c(OC)c(OC)c2)[C@@H]2C(=O)OC[C@H]12)OCO3. The van der Waals surface area contributed by atoms with Crippen molar-refractivity contribution in [1.82, 2.24) is 0 Å². The van der Waals surface area contributed by atoms with Crippen LogP contribution in [0.4, 0.5) is 0 Å². The quantitative estimate of drug-likeness (QED) is 0.716. The maximum Gasteiger partial charge on any atom is 0.310 e. The van der Waals surface area contributed by atoms with E-state index in [1.54, 1.807) is 21.3 Å². The van der Waals surface area contributed by atoms with Crippen molar-refractivity contribution >= 4 is 11.5 Å². The van der Waals surface area contributed by atoms with Crippen LogP contribution in [0.2, 0.25) is 0 Å². The summed E-state index contributed by atoms with van der Waals surface area (Å²) in [5, 5.41) is 0. The number of esters is 1. The Bertz CT molecular complexity index is 1030. The average Bonchev–Trinajstić information content (AvgIpc) is 3.38. The molecule has 2 aliphatic heterocycles.